The van der Waals surface area contributed by atoms with E-state index in [1.54, 1.807) is 24.4 Å². The van der Waals surface area contributed by atoms with Crippen LogP contribution < -0.4 is 10.6 Å². The highest BCUT2D eigenvalue weighted by Gasteiger charge is 2.35. The number of carbonyl (C=O) groups excluding carboxylic acids is 2. The summed E-state index contributed by atoms with van der Waals surface area (Å²) in [6, 6.07) is 5.26. The summed E-state index contributed by atoms with van der Waals surface area (Å²) in [5, 5.41) is 9.53. The zero-order chi connectivity index (χ0) is 17.6. The Balaban J connectivity index is 1.72. The van der Waals surface area contributed by atoms with Crippen molar-refractivity contribution in [2.75, 3.05) is 5.32 Å². The predicted octanol–water partition coefficient (Wildman–Crippen LogP) is 1.99. The summed E-state index contributed by atoms with van der Waals surface area (Å²) in [5.74, 6) is -0.989. The third kappa shape index (κ3) is 5.57. The van der Waals surface area contributed by atoms with Gasteiger partial charge >= 0.3 is 6.18 Å². The Kier molecular flexibility index (Phi) is 5.79. The largest absolute Gasteiger partial charge is 0.445 e. The number of nitrogens with one attached hydrogen (secondary N) is 2. The van der Waals surface area contributed by atoms with Gasteiger partial charge in [-0.25, -0.2) is 0 Å². The van der Waals surface area contributed by atoms with E-state index in [2.05, 4.69) is 25.8 Å². The third-order valence-electron chi connectivity index (χ3n) is 2.69. The van der Waals surface area contributed by atoms with Gasteiger partial charge in [-0.1, -0.05) is 17.4 Å². The number of hydrogen-bond acceptors (Lipinski definition) is 6. The summed E-state index contributed by atoms with van der Waals surface area (Å²) >= 11 is 0.222. The molecule has 0 aliphatic carbocycles. The van der Waals surface area contributed by atoms with Crippen molar-refractivity contribution in [1.29, 1.82) is 0 Å². The van der Waals surface area contributed by atoms with Crippen LogP contribution in [-0.2, 0) is 22.3 Å². The van der Waals surface area contributed by atoms with E-state index in [1.165, 1.54) is 0 Å². The number of pyridine rings is 1. The summed E-state index contributed by atoms with van der Waals surface area (Å²) < 4.78 is 37.1. The van der Waals surface area contributed by atoms with Gasteiger partial charge in [0.05, 0.1) is 12.2 Å². The van der Waals surface area contributed by atoms with Crippen LogP contribution in [0.2, 0.25) is 0 Å². The average molecular weight is 359 g/mol. The number of halogens is 3. The second kappa shape index (κ2) is 7.81. The van der Waals surface area contributed by atoms with E-state index < -0.39 is 17.1 Å². The van der Waals surface area contributed by atoms with E-state index >= 15 is 0 Å². The first-order valence-electron chi connectivity index (χ1n) is 6.72. The molecule has 128 valence electrons. The molecule has 0 unspecified atom stereocenters. The van der Waals surface area contributed by atoms with Crippen molar-refractivity contribution in [2.45, 2.75) is 25.6 Å². The number of carbonyl (C=O) groups is 2. The fourth-order valence-corrected chi connectivity index (χ4v) is 2.20. The summed E-state index contributed by atoms with van der Waals surface area (Å²) in [4.78, 5) is 27.2. The number of amides is 2. The van der Waals surface area contributed by atoms with E-state index in [-0.39, 0.29) is 41.8 Å². The molecule has 0 saturated heterocycles. The summed E-state index contributed by atoms with van der Waals surface area (Å²) in [5.41, 5.74) is 0.670. The molecule has 0 aromatic carbocycles. The number of aromatic nitrogens is 3. The van der Waals surface area contributed by atoms with Gasteiger partial charge in [-0.2, -0.15) is 13.2 Å². The maximum atomic E-state index is 12.4. The number of alkyl halides is 3. The van der Waals surface area contributed by atoms with Gasteiger partial charge in [0.15, 0.2) is 0 Å². The fourth-order valence-electron chi connectivity index (χ4n) is 1.58. The van der Waals surface area contributed by atoms with Gasteiger partial charge in [0.2, 0.25) is 22.0 Å². The van der Waals surface area contributed by atoms with Gasteiger partial charge in [-0.05, 0) is 12.1 Å². The number of rotatable bonds is 6. The lowest BCUT2D eigenvalue weighted by Crippen LogP contribution is -2.24. The molecule has 0 aliphatic heterocycles. The molecule has 2 heterocycles. The molecule has 2 N–H and O–H groups in total. The van der Waals surface area contributed by atoms with Crippen LogP contribution in [0.3, 0.4) is 0 Å². The summed E-state index contributed by atoms with van der Waals surface area (Å²) in [6.07, 6.45) is -3.31. The molecule has 7 nitrogen and oxygen atoms in total. The number of hydrogen-bond donors (Lipinski definition) is 2. The Morgan fingerprint density at radius 1 is 1.12 bits per heavy atom. The van der Waals surface area contributed by atoms with Crippen molar-refractivity contribution in [3.8, 4) is 0 Å². The molecule has 0 radical (unpaired) electrons. The van der Waals surface area contributed by atoms with Crippen LogP contribution >= 0.6 is 11.3 Å². The Morgan fingerprint density at radius 2 is 1.88 bits per heavy atom. The standard InChI is InChI=1S/C13H12F3N5O2S/c14-13(15,16)11-20-21-12(24-11)19-10(23)5-4-9(22)18-7-8-3-1-2-6-17-8/h1-3,6H,4-5,7H2,(H,18,22)(H,19,21,23). The molecule has 0 fully saturated rings. The minimum absolute atomic E-state index is 0.108. The highest BCUT2D eigenvalue weighted by Crippen LogP contribution is 2.32. The van der Waals surface area contributed by atoms with Crippen molar-refractivity contribution >= 4 is 28.3 Å². The second-order valence-electron chi connectivity index (χ2n) is 4.56. The normalized spacial score (nSPS) is 11.1. The lowest BCUT2D eigenvalue weighted by molar-refractivity contribution is -0.138. The first-order chi connectivity index (χ1) is 11.3. The minimum Gasteiger partial charge on any atom is -0.350 e. The molecule has 0 aliphatic rings. The van der Waals surface area contributed by atoms with Gasteiger partial charge in [0, 0.05) is 19.0 Å². The maximum Gasteiger partial charge on any atom is 0.445 e. The maximum absolute atomic E-state index is 12.4. The zero-order valence-electron chi connectivity index (χ0n) is 12.1. The first kappa shape index (κ1) is 17.8. The molecule has 0 atom stereocenters. The van der Waals surface area contributed by atoms with Crippen LogP contribution in [0.25, 0.3) is 0 Å². The molecular formula is C13H12F3N5O2S. The topological polar surface area (TPSA) is 96.9 Å². The molecule has 2 amide bonds. The van der Waals surface area contributed by atoms with Crippen molar-refractivity contribution in [2.24, 2.45) is 0 Å². The van der Waals surface area contributed by atoms with Gasteiger partial charge in [-0.15, -0.1) is 10.2 Å². The highest BCUT2D eigenvalue weighted by molar-refractivity contribution is 7.15. The Labute approximate surface area is 138 Å². The Bertz CT molecular complexity index is 705. The van der Waals surface area contributed by atoms with E-state index in [4.69, 9.17) is 0 Å². The molecule has 11 heteroatoms. The number of nitrogens with zero attached hydrogens (tertiary/aromatic N) is 3. The molecule has 2 rings (SSSR count). The second-order valence-corrected chi connectivity index (χ2v) is 5.53. The third-order valence-corrected chi connectivity index (χ3v) is 3.57. The Morgan fingerprint density at radius 3 is 2.50 bits per heavy atom. The summed E-state index contributed by atoms with van der Waals surface area (Å²) in [7, 11) is 0. The highest BCUT2D eigenvalue weighted by atomic mass is 32.1. The average Bonchev–Trinajstić information content (AvgIpc) is 3.00. The molecule has 0 bridgehead atoms. The van der Waals surface area contributed by atoms with E-state index in [0.29, 0.717) is 5.69 Å². The van der Waals surface area contributed by atoms with Crippen LogP contribution in [0.4, 0.5) is 18.3 Å². The van der Waals surface area contributed by atoms with Crippen molar-refractivity contribution in [1.82, 2.24) is 20.5 Å². The minimum atomic E-state index is -4.61. The first-order valence-corrected chi connectivity index (χ1v) is 7.53. The molecule has 0 spiro atoms. The van der Waals surface area contributed by atoms with Crippen LogP contribution in [-0.4, -0.2) is 27.0 Å². The van der Waals surface area contributed by atoms with Gasteiger partial charge in [0.25, 0.3) is 0 Å². The summed E-state index contributed by atoms with van der Waals surface area (Å²) in [6.45, 7) is 0.229. The van der Waals surface area contributed by atoms with E-state index in [0.717, 1.165) is 0 Å². The van der Waals surface area contributed by atoms with Crippen LogP contribution in [0, 0.1) is 0 Å². The molecule has 2 aromatic rings. The molecule has 24 heavy (non-hydrogen) atoms. The van der Waals surface area contributed by atoms with Crippen LogP contribution in [0.5, 0.6) is 0 Å². The van der Waals surface area contributed by atoms with Gasteiger partial charge in [-0.3, -0.25) is 14.6 Å². The van der Waals surface area contributed by atoms with E-state index in [1.807, 2.05) is 0 Å². The van der Waals surface area contributed by atoms with Crippen LogP contribution in [0.15, 0.2) is 24.4 Å². The zero-order valence-corrected chi connectivity index (χ0v) is 12.9. The quantitative estimate of drug-likeness (QED) is 0.822. The van der Waals surface area contributed by atoms with Gasteiger partial charge < -0.3 is 10.6 Å². The lowest BCUT2D eigenvalue weighted by atomic mass is 10.2. The number of anilines is 1. The van der Waals surface area contributed by atoms with Crippen molar-refractivity contribution in [3.63, 3.8) is 0 Å². The van der Waals surface area contributed by atoms with E-state index in [9.17, 15) is 22.8 Å². The fraction of sp³-hybridized carbons (Fsp3) is 0.308. The van der Waals surface area contributed by atoms with Crippen molar-refractivity contribution < 1.29 is 22.8 Å². The Hall–Kier alpha value is -2.56. The smallest absolute Gasteiger partial charge is 0.350 e. The monoisotopic (exact) mass is 359 g/mol. The molecule has 0 saturated carbocycles. The van der Waals surface area contributed by atoms with Gasteiger partial charge in [0.1, 0.15) is 0 Å². The molecule has 2 aromatic heterocycles. The predicted molar refractivity (Wildman–Crippen MR) is 78.9 cm³/mol. The van der Waals surface area contributed by atoms with Crippen molar-refractivity contribution in [3.05, 3.63) is 35.1 Å². The SMILES string of the molecule is O=C(CCC(=O)Nc1nnc(C(F)(F)F)s1)NCc1ccccn1. The van der Waals surface area contributed by atoms with Crippen LogP contribution in [0.1, 0.15) is 23.5 Å². The lowest BCUT2D eigenvalue weighted by Gasteiger charge is -2.04. The molecular weight excluding hydrogens is 347 g/mol.